The van der Waals surface area contributed by atoms with Crippen LogP contribution < -0.4 is 10.1 Å². The highest BCUT2D eigenvalue weighted by Crippen LogP contribution is 2.14. The molecule has 0 aliphatic rings. The highest BCUT2D eigenvalue weighted by molar-refractivity contribution is 5.27. The van der Waals surface area contributed by atoms with Crippen LogP contribution in [0, 0.1) is 0 Å². The third-order valence-corrected chi connectivity index (χ3v) is 2.31. The van der Waals surface area contributed by atoms with Gasteiger partial charge in [-0.1, -0.05) is 12.1 Å². The van der Waals surface area contributed by atoms with Crippen molar-refractivity contribution >= 4 is 0 Å². The van der Waals surface area contributed by atoms with Crippen molar-refractivity contribution in [3.05, 3.63) is 29.8 Å². The van der Waals surface area contributed by atoms with Crippen LogP contribution in [0.4, 0.5) is 8.78 Å². The lowest BCUT2D eigenvalue weighted by atomic mass is 10.2. The normalized spacial score (nSPS) is 12.8. The molecular weight excluding hydrogens is 228 g/mol. The molecular formula is C12H17F2NO2. The van der Waals surface area contributed by atoms with Gasteiger partial charge in [-0.25, -0.2) is 0 Å². The van der Waals surface area contributed by atoms with Gasteiger partial charge in [0, 0.05) is 20.2 Å². The van der Waals surface area contributed by atoms with Gasteiger partial charge in [0.15, 0.2) is 0 Å². The number of hydrogen-bond acceptors (Lipinski definition) is 3. The van der Waals surface area contributed by atoms with Gasteiger partial charge in [-0.3, -0.25) is 0 Å². The van der Waals surface area contributed by atoms with Gasteiger partial charge in [-0.05, 0) is 24.6 Å². The summed E-state index contributed by atoms with van der Waals surface area (Å²) in [4.78, 5) is 0. The van der Waals surface area contributed by atoms with Gasteiger partial charge in [0.1, 0.15) is 5.75 Å². The van der Waals surface area contributed by atoms with E-state index in [0.29, 0.717) is 6.54 Å². The van der Waals surface area contributed by atoms with Crippen molar-refractivity contribution in [2.45, 2.75) is 26.2 Å². The summed E-state index contributed by atoms with van der Waals surface area (Å²) in [5.74, 6) is 0.175. The Kier molecular flexibility index (Phi) is 5.86. The number of hydrogen-bond donors (Lipinski definition) is 1. The fourth-order valence-corrected chi connectivity index (χ4v) is 1.29. The molecule has 1 aromatic carbocycles. The molecule has 5 heteroatoms. The average Bonchev–Trinajstić information content (AvgIpc) is 2.30. The minimum atomic E-state index is -2.78. The first kappa shape index (κ1) is 13.9. The standard InChI is InChI=1S/C12H17F2NO2/c1-9(16-2)7-15-8-10-3-5-11(6-4-10)17-12(13)14/h3-6,9,12,15H,7-8H2,1-2H3. The molecule has 96 valence electrons. The average molecular weight is 245 g/mol. The number of alkyl halides is 2. The monoisotopic (exact) mass is 245 g/mol. The number of benzene rings is 1. The zero-order valence-corrected chi connectivity index (χ0v) is 9.95. The van der Waals surface area contributed by atoms with Crippen molar-refractivity contribution in [3.8, 4) is 5.75 Å². The second-order valence-corrected chi connectivity index (χ2v) is 3.70. The molecule has 1 N–H and O–H groups in total. The van der Waals surface area contributed by atoms with E-state index in [0.717, 1.165) is 12.1 Å². The van der Waals surface area contributed by atoms with Crippen LogP contribution in [0.5, 0.6) is 5.75 Å². The first-order chi connectivity index (χ1) is 8.11. The maximum absolute atomic E-state index is 11.9. The van der Waals surface area contributed by atoms with Crippen LogP contribution in [-0.4, -0.2) is 26.4 Å². The fraction of sp³-hybridized carbons (Fsp3) is 0.500. The molecule has 0 aliphatic carbocycles. The predicted octanol–water partition coefficient (Wildman–Crippen LogP) is 2.41. The molecule has 0 bridgehead atoms. The molecule has 1 unspecified atom stereocenters. The van der Waals surface area contributed by atoms with Crippen LogP contribution in [0.1, 0.15) is 12.5 Å². The lowest BCUT2D eigenvalue weighted by Gasteiger charge is -2.11. The molecule has 0 spiro atoms. The molecule has 1 aromatic rings. The van der Waals surface area contributed by atoms with Gasteiger partial charge in [0.25, 0.3) is 0 Å². The molecule has 1 atom stereocenters. The third-order valence-electron chi connectivity index (χ3n) is 2.31. The fourth-order valence-electron chi connectivity index (χ4n) is 1.29. The Balaban J connectivity index is 2.35. The summed E-state index contributed by atoms with van der Waals surface area (Å²) in [7, 11) is 1.66. The van der Waals surface area contributed by atoms with E-state index >= 15 is 0 Å². The van der Waals surface area contributed by atoms with Crippen LogP contribution in [0.15, 0.2) is 24.3 Å². The number of methoxy groups -OCH3 is 1. The Hall–Kier alpha value is -1.20. The molecule has 0 saturated carbocycles. The maximum Gasteiger partial charge on any atom is 0.387 e. The molecule has 0 aromatic heterocycles. The summed E-state index contributed by atoms with van der Waals surface area (Å²) in [6.45, 7) is 0.600. The molecule has 0 amide bonds. The van der Waals surface area contributed by atoms with Crippen molar-refractivity contribution in [2.75, 3.05) is 13.7 Å². The minimum Gasteiger partial charge on any atom is -0.435 e. The van der Waals surface area contributed by atoms with E-state index < -0.39 is 6.61 Å². The highest BCUT2D eigenvalue weighted by Gasteiger charge is 2.03. The van der Waals surface area contributed by atoms with E-state index in [1.165, 1.54) is 12.1 Å². The van der Waals surface area contributed by atoms with E-state index in [-0.39, 0.29) is 11.9 Å². The molecule has 3 nitrogen and oxygen atoms in total. The number of halogens is 2. The van der Waals surface area contributed by atoms with Crippen molar-refractivity contribution in [3.63, 3.8) is 0 Å². The number of nitrogens with one attached hydrogen (secondary N) is 1. The van der Waals surface area contributed by atoms with E-state index in [1.807, 2.05) is 6.92 Å². The van der Waals surface area contributed by atoms with Crippen LogP contribution in [-0.2, 0) is 11.3 Å². The quantitative estimate of drug-likeness (QED) is 0.800. The topological polar surface area (TPSA) is 30.5 Å². The molecule has 0 saturated heterocycles. The SMILES string of the molecule is COC(C)CNCc1ccc(OC(F)F)cc1. The third kappa shape index (κ3) is 5.60. The molecule has 17 heavy (non-hydrogen) atoms. The minimum absolute atomic E-state index is 0.149. The first-order valence-corrected chi connectivity index (χ1v) is 5.39. The zero-order valence-electron chi connectivity index (χ0n) is 9.95. The van der Waals surface area contributed by atoms with Gasteiger partial charge in [0.05, 0.1) is 6.10 Å². The summed E-state index contributed by atoms with van der Waals surface area (Å²) in [5.41, 5.74) is 1.01. The van der Waals surface area contributed by atoms with Crippen LogP contribution in [0.25, 0.3) is 0 Å². The number of ether oxygens (including phenoxy) is 2. The Bertz CT molecular complexity index is 317. The summed E-state index contributed by atoms with van der Waals surface area (Å²) >= 11 is 0. The van der Waals surface area contributed by atoms with Crippen molar-refractivity contribution in [1.82, 2.24) is 5.32 Å². The van der Waals surface area contributed by atoms with Crippen molar-refractivity contribution in [1.29, 1.82) is 0 Å². The maximum atomic E-state index is 11.9. The lowest BCUT2D eigenvalue weighted by molar-refractivity contribution is -0.0498. The van der Waals surface area contributed by atoms with E-state index in [9.17, 15) is 8.78 Å². The van der Waals surface area contributed by atoms with Crippen LogP contribution in [0.3, 0.4) is 0 Å². The molecule has 0 radical (unpaired) electrons. The number of rotatable bonds is 7. The first-order valence-electron chi connectivity index (χ1n) is 5.39. The Morgan fingerprint density at radius 1 is 1.24 bits per heavy atom. The zero-order chi connectivity index (χ0) is 12.7. The summed E-state index contributed by atoms with van der Waals surface area (Å²) in [6, 6.07) is 6.57. The second kappa shape index (κ2) is 7.19. The highest BCUT2D eigenvalue weighted by atomic mass is 19.3. The van der Waals surface area contributed by atoms with Gasteiger partial charge >= 0.3 is 6.61 Å². The van der Waals surface area contributed by atoms with E-state index in [1.54, 1.807) is 19.2 Å². The van der Waals surface area contributed by atoms with Crippen molar-refractivity contribution < 1.29 is 18.3 Å². The summed E-state index contributed by atoms with van der Waals surface area (Å²) in [6.07, 6.45) is 0.149. The molecule has 0 fully saturated rings. The Morgan fingerprint density at radius 3 is 2.41 bits per heavy atom. The smallest absolute Gasteiger partial charge is 0.387 e. The van der Waals surface area contributed by atoms with Gasteiger partial charge in [-0.15, -0.1) is 0 Å². The molecule has 0 aliphatic heterocycles. The second-order valence-electron chi connectivity index (χ2n) is 3.70. The van der Waals surface area contributed by atoms with Crippen LogP contribution >= 0.6 is 0 Å². The van der Waals surface area contributed by atoms with Gasteiger partial charge < -0.3 is 14.8 Å². The van der Waals surface area contributed by atoms with E-state index in [4.69, 9.17) is 4.74 Å². The van der Waals surface area contributed by atoms with E-state index in [2.05, 4.69) is 10.1 Å². The Labute approximate surface area is 99.7 Å². The molecule has 0 heterocycles. The van der Waals surface area contributed by atoms with Crippen molar-refractivity contribution in [2.24, 2.45) is 0 Å². The largest absolute Gasteiger partial charge is 0.435 e. The van der Waals surface area contributed by atoms with Gasteiger partial charge in [0.2, 0.25) is 0 Å². The van der Waals surface area contributed by atoms with Crippen LogP contribution in [0.2, 0.25) is 0 Å². The predicted molar refractivity (Wildman–Crippen MR) is 61.3 cm³/mol. The summed E-state index contributed by atoms with van der Waals surface area (Å²) in [5, 5.41) is 3.20. The Morgan fingerprint density at radius 2 is 1.88 bits per heavy atom. The van der Waals surface area contributed by atoms with Gasteiger partial charge in [-0.2, -0.15) is 8.78 Å². The lowest BCUT2D eigenvalue weighted by Crippen LogP contribution is -2.25. The summed E-state index contributed by atoms with van der Waals surface area (Å²) < 4.78 is 33.1. The molecule has 1 rings (SSSR count).